The number of primary amides is 1. The zero-order valence-corrected chi connectivity index (χ0v) is 35.4. The molecule has 3 heterocycles. The Labute approximate surface area is 359 Å². The third-order valence-electron chi connectivity index (χ3n) is 10.0. The predicted molar refractivity (Wildman–Crippen MR) is 233 cm³/mol. The smallest absolute Gasteiger partial charge is 0.319 e. The van der Waals surface area contributed by atoms with Crippen molar-refractivity contribution < 1.29 is 32.9 Å². The van der Waals surface area contributed by atoms with Crippen molar-refractivity contribution in [3.8, 4) is 28.7 Å². The first kappa shape index (κ1) is 42.2. The number of anilines is 3. The molecule has 2 aromatic heterocycles. The number of hydrogen-bond donors (Lipinski definition) is 4. The Morgan fingerprint density at radius 1 is 0.867 bits per heavy atom. The molecule has 4 aromatic carbocycles. The van der Waals surface area contributed by atoms with Gasteiger partial charge in [-0.2, -0.15) is 0 Å². The van der Waals surface area contributed by atoms with Crippen LogP contribution in [0.3, 0.4) is 0 Å². The molecular formula is C43H43BrClFN8O6. The third kappa shape index (κ3) is 10.4. The van der Waals surface area contributed by atoms with E-state index in [-0.39, 0.29) is 23.5 Å². The number of methoxy groups -OCH3 is 2. The SMILES string of the molecule is COc1cc2c(Nc3ccc(Br)cc3F)ncnc2cc1OCC1CCN(C)CC1.COc1cc2nccc(Oc3ccc(NC(=O)NC4CC4)c(Cl)c3)c2cc1C(N)=O. The zero-order chi connectivity index (χ0) is 42.3. The Morgan fingerprint density at radius 2 is 1.60 bits per heavy atom. The fraction of sp³-hybridized carbons (Fsp3) is 0.279. The topological polar surface area (TPSA) is 175 Å². The van der Waals surface area contributed by atoms with E-state index in [0.717, 1.165) is 44.2 Å². The van der Waals surface area contributed by atoms with E-state index >= 15 is 0 Å². The lowest BCUT2D eigenvalue weighted by atomic mass is 9.98. The number of rotatable bonds is 12. The van der Waals surface area contributed by atoms with Crippen LogP contribution in [0.4, 0.5) is 26.4 Å². The number of benzene rings is 4. The minimum absolute atomic E-state index is 0.224. The summed E-state index contributed by atoms with van der Waals surface area (Å²) in [5.74, 6) is 2.56. The molecule has 312 valence electrons. The summed E-state index contributed by atoms with van der Waals surface area (Å²) in [5.41, 5.74) is 7.77. The van der Waals surface area contributed by atoms with Crippen LogP contribution in [0.15, 0.2) is 83.7 Å². The first-order chi connectivity index (χ1) is 29.0. The van der Waals surface area contributed by atoms with Crippen LogP contribution in [-0.2, 0) is 0 Å². The molecule has 0 atom stereocenters. The summed E-state index contributed by atoms with van der Waals surface area (Å²) in [4.78, 5) is 39.0. The van der Waals surface area contributed by atoms with Crippen molar-refractivity contribution in [3.63, 3.8) is 0 Å². The maximum atomic E-state index is 14.3. The number of likely N-dealkylation sites (tertiary alicyclic amines) is 1. The lowest BCUT2D eigenvalue weighted by Gasteiger charge is -2.28. The summed E-state index contributed by atoms with van der Waals surface area (Å²) in [5, 5.41) is 10.3. The Hall–Kier alpha value is -5.97. The normalized spacial score (nSPS) is 14.2. The van der Waals surface area contributed by atoms with E-state index in [1.807, 2.05) is 12.1 Å². The molecular weight excluding hydrogens is 859 g/mol. The molecule has 1 saturated carbocycles. The average Bonchev–Trinajstić information content (AvgIpc) is 4.06. The average molecular weight is 902 g/mol. The Kier molecular flexibility index (Phi) is 13.3. The number of ether oxygens (including phenoxy) is 4. The van der Waals surface area contributed by atoms with Gasteiger partial charge in [0.2, 0.25) is 0 Å². The van der Waals surface area contributed by atoms with Gasteiger partial charge < -0.3 is 45.5 Å². The summed E-state index contributed by atoms with van der Waals surface area (Å²) in [6.07, 6.45) is 7.28. The van der Waals surface area contributed by atoms with Gasteiger partial charge >= 0.3 is 6.03 Å². The van der Waals surface area contributed by atoms with Crippen LogP contribution >= 0.6 is 27.5 Å². The highest BCUT2D eigenvalue weighted by molar-refractivity contribution is 9.10. The molecule has 6 aromatic rings. The second kappa shape index (κ2) is 19.0. The van der Waals surface area contributed by atoms with Gasteiger partial charge in [0.05, 0.1) is 53.8 Å². The van der Waals surface area contributed by atoms with Crippen molar-refractivity contribution >= 4 is 78.5 Å². The molecule has 1 saturated heterocycles. The molecule has 0 radical (unpaired) electrons. The Morgan fingerprint density at radius 3 is 2.30 bits per heavy atom. The molecule has 5 N–H and O–H groups in total. The van der Waals surface area contributed by atoms with Crippen LogP contribution in [0.5, 0.6) is 28.7 Å². The van der Waals surface area contributed by atoms with E-state index in [1.165, 1.54) is 19.5 Å². The summed E-state index contributed by atoms with van der Waals surface area (Å²) < 4.78 is 37.8. The van der Waals surface area contributed by atoms with E-state index in [1.54, 1.807) is 61.8 Å². The summed E-state index contributed by atoms with van der Waals surface area (Å²) in [6, 6.07) is 18.3. The van der Waals surface area contributed by atoms with Crippen LogP contribution in [0.1, 0.15) is 36.0 Å². The van der Waals surface area contributed by atoms with Crippen molar-refractivity contribution in [2.45, 2.75) is 31.7 Å². The highest BCUT2D eigenvalue weighted by atomic mass is 79.9. The van der Waals surface area contributed by atoms with Gasteiger partial charge in [0, 0.05) is 45.7 Å². The van der Waals surface area contributed by atoms with Crippen molar-refractivity contribution in [1.29, 1.82) is 0 Å². The molecule has 2 fully saturated rings. The molecule has 3 amide bonds. The number of piperidine rings is 1. The van der Waals surface area contributed by atoms with Crippen LogP contribution in [-0.4, -0.2) is 78.8 Å². The van der Waals surface area contributed by atoms with Gasteiger partial charge in [-0.05, 0) is 100 Å². The summed E-state index contributed by atoms with van der Waals surface area (Å²) in [7, 11) is 5.21. The first-order valence-electron chi connectivity index (χ1n) is 19.2. The molecule has 8 rings (SSSR count). The Balaban J connectivity index is 0.000000181. The number of amides is 3. The number of nitrogens with one attached hydrogen (secondary N) is 3. The van der Waals surface area contributed by atoms with Gasteiger partial charge in [-0.15, -0.1) is 0 Å². The van der Waals surface area contributed by atoms with Gasteiger partial charge in [0.1, 0.15) is 35.2 Å². The zero-order valence-electron chi connectivity index (χ0n) is 33.1. The number of carbonyl (C=O) groups excluding carboxylic acids is 2. The van der Waals surface area contributed by atoms with E-state index in [2.05, 4.69) is 58.8 Å². The molecule has 2 aliphatic rings. The second-order valence-corrected chi connectivity index (χ2v) is 15.7. The van der Waals surface area contributed by atoms with Crippen LogP contribution in [0.2, 0.25) is 5.02 Å². The first-order valence-corrected chi connectivity index (χ1v) is 20.3. The maximum absolute atomic E-state index is 14.3. The molecule has 17 heteroatoms. The highest BCUT2D eigenvalue weighted by Gasteiger charge is 2.24. The van der Waals surface area contributed by atoms with Crippen molar-refractivity contribution in [3.05, 3.63) is 100 Å². The third-order valence-corrected chi connectivity index (χ3v) is 10.8. The highest BCUT2D eigenvalue weighted by Crippen LogP contribution is 2.37. The minimum atomic E-state index is -0.619. The number of halogens is 3. The van der Waals surface area contributed by atoms with Crippen LogP contribution < -0.4 is 40.6 Å². The lowest BCUT2D eigenvalue weighted by molar-refractivity contribution is 0.0997. The molecule has 14 nitrogen and oxygen atoms in total. The van der Waals surface area contributed by atoms with Crippen LogP contribution in [0, 0.1) is 11.7 Å². The molecule has 1 aliphatic carbocycles. The molecule has 0 spiro atoms. The van der Waals surface area contributed by atoms with Crippen molar-refractivity contribution in [1.82, 2.24) is 25.2 Å². The number of fused-ring (bicyclic) bond motifs is 2. The van der Waals surface area contributed by atoms with Gasteiger partial charge in [-0.1, -0.05) is 27.5 Å². The van der Waals surface area contributed by atoms with E-state index in [9.17, 15) is 14.0 Å². The van der Waals surface area contributed by atoms with E-state index in [0.29, 0.717) is 84.4 Å². The van der Waals surface area contributed by atoms with Crippen molar-refractivity contribution in [2.75, 3.05) is 51.6 Å². The van der Waals surface area contributed by atoms with E-state index in [4.69, 9.17) is 36.3 Å². The second-order valence-electron chi connectivity index (χ2n) is 14.4. The molecule has 1 aliphatic heterocycles. The maximum Gasteiger partial charge on any atom is 0.319 e. The van der Waals surface area contributed by atoms with Gasteiger partial charge in [0.25, 0.3) is 5.91 Å². The van der Waals surface area contributed by atoms with Gasteiger partial charge in [-0.25, -0.2) is 19.2 Å². The largest absolute Gasteiger partial charge is 0.496 e. The number of nitrogens with zero attached hydrogens (tertiary/aromatic N) is 4. The van der Waals surface area contributed by atoms with Gasteiger partial charge in [0.15, 0.2) is 11.5 Å². The molecule has 0 bridgehead atoms. The monoisotopic (exact) mass is 900 g/mol. The number of carbonyl (C=O) groups is 2. The van der Waals surface area contributed by atoms with Crippen LogP contribution in [0.25, 0.3) is 21.8 Å². The fourth-order valence-corrected chi connectivity index (χ4v) is 7.10. The summed E-state index contributed by atoms with van der Waals surface area (Å²) >= 11 is 9.57. The minimum Gasteiger partial charge on any atom is -0.496 e. The molecule has 0 unspecified atom stereocenters. The summed E-state index contributed by atoms with van der Waals surface area (Å²) in [6.45, 7) is 2.84. The number of hydrogen-bond acceptors (Lipinski definition) is 11. The number of pyridine rings is 1. The number of urea groups is 1. The van der Waals surface area contributed by atoms with E-state index < -0.39 is 5.91 Å². The Bertz CT molecular complexity index is 2540. The fourth-order valence-electron chi connectivity index (χ4n) is 6.55. The van der Waals surface area contributed by atoms with Gasteiger partial charge in [-0.3, -0.25) is 9.78 Å². The lowest BCUT2D eigenvalue weighted by Crippen LogP contribution is -2.32. The quantitative estimate of drug-likeness (QED) is 0.0922. The standard InChI is InChI=1S/C22H24BrFN4O2.C21H19ClN4O4/c1-28-7-5-14(6-8-28)12-30-21-11-19-16(10-20(21)29-2)22(26-13-25-19)27-18-4-3-15(23)9-17(18)24;1-29-19-10-17-13(9-14(19)20(23)27)18(6-7-24-17)30-12-4-5-16(15(22)8-12)26-21(28)25-11-2-3-11/h3-4,9-11,13-14H,5-8,12H2,1-2H3,(H,25,26,27);4-11H,2-3H2,1H3,(H2,23,27)(H2,25,26,28). The van der Waals surface area contributed by atoms with Crippen molar-refractivity contribution in [2.24, 2.45) is 11.7 Å². The number of nitrogens with two attached hydrogens (primary N) is 1. The molecule has 60 heavy (non-hydrogen) atoms. The predicted octanol–water partition coefficient (Wildman–Crippen LogP) is 9.08. The number of aromatic nitrogens is 3.